The van der Waals surface area contributed by atoms with Crippen LogP contribution in [0.1, 0.15) is 5.69 Å². The van der Waals surface area contributed by atoms with E-state index in [1.54, 1.807) is 6.20 Å². The Balaban J connectivity index is 2.31. The van der Waals surface area contributed by atoms with Gasteiger partial charge in [-0.1, -0.05) is 17.3 Å². The van der Waals surface area contributed by atoms with E-state index in [2.05, 4.69) is 15.3 Å². The number of nitrogens with zero attached hydrogens (tertiary/aromatic N) is 4. The second-order valence-corrected chi connectivity index (χ2v) is 3.60. The quantitative estimate of drug-likeness (QED) is 0.618. The fraction of sp³-hybridized carbons (Fsp3) is 0.0833. The molecular weight excluding hydrogens is 200 g/mol. The van der Waals surface area contributed by atoms with Crippen molar-refractivity contribution in [3.8, 4) is 5.69 Å². The Bertz CT molecular complexity index is 642. The third-order valence-electron chi connectivity index (χ3n) is 2.56. The Hall–Kier alpha value is -2.23. The molecule has 0 aliphatic carbocycles. The Kier molecular flexibility index (Phi) is 1.93. The van der Waals surface area contributed by atoms with Crippen LogP contribution in [0.4, 0.5) is 0 Å². The molecule has 0 fully saturated rings. The van der Waals surface area contributed by atoms with Crippen LogP contribution in [-0.2, 0) is 0 Å². The number of aromatic nitrogens is 4. The number of hydrogen-bond acceptors (Lipinski definition) is 3. The maximum atomic E-state index is 4.25. The van der Waals surface area contributed by atoms with E-state index in [1.165, 1.54) is 0 Å². The van der Waals surface area contributed by atoms with Crippen molar-refractivity contribution in [2.45, 2.75) is 6.92 Å². The summed E-state index contributed by atoms with van der Waals surface area (Å²) in [6.07, 6.45) is 1.78. The van der Waals surface area contributed by atoms with E-state index in [0.29, 0.717) is 0 Å². The van der Waals surface area contributed by atoms with E-state index in [4.69, 9.17) is 0 Å². The molecule has 0 amide bonds. The molecule has 2 heterocycles. The molecule has 3 rings (SSSR count). The fourth-order valence-corrected chi connectivity index (χ4v) is 1.75. The van der Waals surface area contributed by atoms with Gasteiger partial charge in [-0.15, -0.1) is 5.10 Å². The standard InChI is InChI=1S/C12H10N4/c1-9-11(7-4-8-13-9)16-12-6-3-2-5-10(12)14-15-16/h2-8H,1H3. The van der Waals surface area contributed by atoms with Crippen molar-refractivity contribution >= 4 is 11.0 Å². The Morgan fingerprint density at radius 1 is 1.06 bits per heavy atom. The predicted molar refractivity (Wildman–Crippen MR) is 61.4 cm³/mol. The number of pyridine rings is 1. The molecule has 78 valence electrons. The molecule has 16 heavy (non-hydrogen) atoms. The van der Waals surface area contributed by atoms with E-state index in [-0.39, 0.29) is 0 Å². The highest BCUT2D eigenvalue weighted by Gasteiger charge is 2.07. The van der Waals surface area contributed by atoms with Gasteiger partial charge in [0, 0.05) is 6.20 Å². The molecule has 0 saturated heterocycles. The number of para-hydroxylation sites is 1. The van der Waals surface area contributed by atoms with Gasteiger partial charge in [0.2, 0.25) is 0 Å². The zero-order valence-corrected chi connectivity index (χ0v) is 8.83. The van der Waals surface area contributed by atoms with Crippen LogP contribution >= 0.6 is 0 Å². The Morgan fingerprint density at radius 2 is 1.94 bits per heavy atom. The van der Waals surface area contributed by atoms with E-state index < -0.39 is 0 Å². The highest BCUT2D eigenvalue weighted by Crippen LogP contribution is 2.16. The first-order chi connectivity index (χ1) is 7.86. The van der Waals surface area contributed by atoms with Crippen LogP contribution < -0.4 is 0 Å². The summed E-state index contributed by atoms with van der Waals surface area (Å²) >= 11 is 0. The van der Waals surface area contributed by atoms with E-state index >= 15 is 0 Å². The average Bonchev–Trinajstić information content (AvgIpc) is 2.74. The minimum absolute atomic E-state index is 0.894. The molecule has 0 atom stereocenters. The van der Waals surface area contributed by atoms with Crippen LogP contribution in [0.5, 0.6) is 0 Å². The molecule has 1 aromatic carbocycles. The topological polar surface area (TPSA) is 43.6 Å². The average molecular weight is 210 g/mol. The first-order valence-electron chi connectivity index (χ1n) is 5.09. The van der Waals surface area contributed by atoms with Gasteiger partial charge in [-0.2, -0.15) is 0 Å². The van der Waals surface area contributed by atoms with E-state index in [0.717, 1.165) is 22.4 Å². The van der Waals surface area contributed by atoms with Gasteiger partial charge in [-0.3, -0.25) is 4.98 Å². The third-order valence-corrected chi connectivity index (χ3v) is 2.56. The first-order valence-corrected chi connectivity index (χ1v) is 5.09. The molecule has 0 aliphatic heterocycles. The largest absolute Gasteiger partial charge is 0.259 e. The summed E-state index contributed by atoms with van der Waals surface area (Å²) in [5, 5.41) is 8.27. The lowest BCUT2D eigenvalue weighted by Crippen LogP contribution is -2.00. The normalized spacial score (nSPS) is 10.8. The highest BCUT2D eigenvalue weighted by molar-refractivity contribution is 5.76. The lowest BCUT2D eigenvalue weighted by atomic mass is 10.3. The molecule has 0 aliphatic rings. The summed E-state index contributed by atoms with van der Waals surface area (Å²) in [5.41, 5.74) is 3.80. The van der Waals surface area contributed by atoms with Gasteiger partial charge in [0.15, 0.2) is 0 Å². The molecule has 0 N–H and O–H groups in total. The molecule has 0 unspecified atom stereocenters. The number of aryl methyl sites for hydroxylation is 1. The summed E-state index contributed by atoms with van der Waals surface area (Å²) in [4.78, 5) is 4.25. The van der Waals surface area contributed by atoms with Gasteiger partial charge in [0.1, 0.15) is 5.52 Å². The molecule has 4 heteroatoms. The van der Waals surface area contributed by atoms with Gasteiger partial charge in [0.05, 0.1) is 16.9 Å². The summed E-state index contributed by atoms with van der Waals surface area (Å²) in [6, 6.07) is 11.8. The van der Waals surface area contributed by atoms with Crippen LogP contribution in [0.2, 0.25) is 0 Å². The van der Waals surface area contributed by atoms with Crippen LogP contribution in [0.3, 0.4) is 0 Å². The molecular formula is C12H10N4. The van der Waals surface area contributed by atoms with Crippen molar-refractivity contribution in [1.82, 2.24) is 20.0 Å². The summed E-state index contributed by atoms with van der Waals surface area (Å²) in [6.45, 7) is 1.96. The maximum absolute atomic E-state index is 4.25. The molecule has 4 nitrogen and oxygen atoms in total. The molecule has 0 bridgehead atoms. The minimum Gasteiger partial charge on any atom is -0.259 e. The highest BCUT2D eigenvalue weighted by atomic mass is 15.4. The van der Waals surface area contributed by atoms with Gasteiger partial charge in [-0.05, 0) is 31.2 Å². The molecule has 2 aromatic heterocycles. The van der Waals surface area contributed by atoms with Gasteiger partial charge < -0.3 is 0 Å². The maximum Gasteiger partial charge on any atom is 0.113 e. The minimum atomic E-state index is 0.894. The zero-order chi connectivity index (χ0) is 11.0. The third kappa shape index (κ3) is 1.27. The number of benzene rings is 1. The van der Waals surface area contributed by atoms with Crippen molar-refractivity contribution in [3.63, 3.8) is 0 Å². The Morgan fingerprint density at radius 3 is 2.81 bits per heavy atom. The lowest BCUT2D eigenvalue weighted by Gasteiger charge is -2.04. The van der Waals surface area contributed by atoms with Crippen LogP contribution in [0.25, 0.3) is 16.7 Å². The monoisotopic (exact) mass is 210 g/mol. The number of rotatable bonds is 1. The second-order valence-electron chi connectivity index (χ2n) is 3.60. The molecule has 0 radical (unpaired) electrons. The van der Waals surface area contributed by atoms with Crippen LogP contribution in [-0.4, -0.2) is 20.0 Å². The smallest absolute Gasteiger partial charge is 0.113 e. The summed E-state index contributed by atoms with van der Waals surface area (Å²) in [7, 11) is 0. The molecule has 3 aromatic rings. The van der Waals surface area contributed by atoms with Gasteiger partial charge in [-0.25, -0.2) is 4.68 Å². The van der Waals surface area contributed by atoms with E-state index in [9.17, 15) is 0 Å². The SMILES string of the molecule is Cc1ncccc1-n1nnc2ccccc21. The van der Waals surface area contributed by atoms with Gasteiger partial charge >= 0.3 is 0 Å². The Labute approximate surface area is 92.6 Å². The second kappa shape index (κ2) is 3.41. The summed E-state index contributed by atoms with van der Waals surface area (Å²) in [5.74, 6) is 0. The van der Waals surface area contributed by atoms with Crippen molar-refractivity contribution in [3.05, 3.63) is 48.3 Å². The van der Waals surface area contributed by atoms with Crippen molar-refractivity contribution in [2.24, 2.45) is 0 Å². The number of hydrogen-bond donors (Lipinski definition) is 0. The van der Waals surface area contributed by atoms with Crippen LogP contribution in [0, 0.1) is 6.92 Å². The zero-order valence-electron chi connectivity index (χ0n) is 8.83. The molecule has 0 saturated carbocycles. The van der Waals surface area contributed by atoms with Crippen molar-refractivity contribution < 1.29 is 0 Å². The summed E-state index contributed by atoms with van der Waals surface area (Å²) < 4.78 is 1.82. The van der Waals surface area contributed by atoms with Gasteiger partial charge in [0.25, 0.3) is 0 Å². The first kappa shape index (κ1) is 9.03. The van der Waals surface area contributed by atoms with E-state index in [1.807, 2.05) is 48.0 Å². The van der Waals surface area contributed by atoms with Crippen molar-refractivity contribution in [1.29, 1.82) is 0 Å². The van der Waals surface area contributed by atoms with Crippen LogP contribution in [0.15, 0.2) is 42.6 Å². The fourth-order valence-electron chi connectivity index (χ4n) is 1.75. The lowest BCUT2D eigenvalue weighted by molar-refractivity contribution is 0.812. The molecule has 0 spiro atoms. The number of fused-ring (bicyclic) bond motifs is 1. The predicted octanol–water partition coefficient (Wildman–Crippen LogP) is 2.12. The van der Waals surface area contributed by atoms with Crippen molar-refractivity contribution in [2.75, 3.05) is 0 Å².